The van der Waals surface area contributed by atoms with Crippen LogP contribution in [0.25, 0.3) is 21.6 Å². The standard InChI is InChI=1S/C25H27N5O2S2/c1-32-15-14-30-23(18-8-3-2-4-9-18)27-28-25(30)33-17-22(31)29-13-7-10-19(16-29)24-26-20-11-5-6-12-21(20)34-24/h2-6,8-9,11-12,19H,7,10,13-17H2,1H3/t19-/m0/s1. The zero-order valence-corrected chi connectivity index (χ0v) is 20.7. The minimum atomic E-state index is 0.137. The van der Waals surface area contributed by atoms with E-state index in [1.807, 2.05) is 51.9 Å². The van der Waals surface area contributed by atoms with E-state index >= 15 is 0 Å². The van der Waals surface area contributed by atoms with Crippen LogP contribution in [0.4, 0.5) is 0 Å². The van der Waals surface area contributed by atoms with Gasteiger partial charge >= 0.3 is 0 Å². The van der Waals surface area contributed by atoms with Crippen molar-refractivity contribution in [2.24, 2.45) is 0 Å². The Labute approximate surface area is 207 Å². The number of nitrogens with zero attached hydrogens (tertiary/aromatic N) is 5. The van der Waals surface area contributed by atoms with Gasteiger partial charge in [-0.15, -0.1) is 21.5 Å². The Hall–Kier alpha value is -2.75. The third kappa shape index (κ3) is 5.01. The van der Waals surface area contributed by atoms with E-state index in [1.165, 1.54) is 16.5 Å². The first-order valence-electron chi connectivity index (χ1n) is 11.5. The number of ether oxygens (including phenoxy) is 1. The van der Waals surface area contributed by atoms with Gasteiger partial charge in [0.2, 0.25) is 5.91 Å². The van der Waals surface area contributed by atoms with Crippen LogP contribution in [0, 0.1) is 0 Å². The third-order valence-electron chi connectivity index (χ3n) is 6.03. The van der Waals surface area contributed by atoms with Crippen LogP contribution in [-0.2, 0) is 16.1 Å². The molecule has 0 saturated carbocycles. The summed E-state index contributed by atoms with van der Waals surface area (Å²) in [5.41, 5.74) is 2.05. The molecule has 9 heteroatoms. The Morgan fingerprint density at radius 1 is 1.15 bits per heavy atom. The number of amides is 1. The molecule has 2 aromatic heterocycles. The Balaban J connectivity index is 1.26. The number of benzene rings is 2. The van der Waals surface area contributed by atoms with Crippen LogP contribution in [0.15, 0.2) is 59.8 Å². The molecule has 1 saturated heterocycles. The quantitative estimate of drug-likeness (QED) is 0.331. The van der Waals surface area contributed by atoms with Crippen molar-refractivity contribution in [2.45, 2.75) is 30.5 Å². The van der Waals surface area contributed by atoms with Crippen LogP contribution in [0.3, 0.4) is 0 Å². The topological polar surface area (TPSA) is 73.1 Å². The molecule has 34 heavy (non-hydrogen) atoms. The zero-order chi connectivity index (χ0) is 23.3. The van der Waals surface area contributed by atoms with Crippen molar-refractivity contribution >= 4 is 39.2 Å². The molecule has 176 valence electrons. The normalized spacial score (nSPS) is 16.3. The molecular weight excluding hydrogens is 466 g/mol. The average molecular weight is 494 g/mol. The van der Waals surface area contributed by atoms with E-state index in [9.17, 15) is 4.79 Å². The largest absolute Gasteiger partial charge is 0.383 e. The fourth-order valence-corrected chi connectivity index (χ4v) is 6.23. The summed E-state index contributed by atoms with van der Waals surface area (Å²) in [5, 5.41) is 10.7. The molecule has 5 rings (SSSR count). The summed E-state index contributed by atoms with van der Waals surface area (Å²) in [6, 6.07) is 18.2. The van der Waals surface area contributed by atoms with Gasteiger partial charge in [0.05, 0.1) is 34.1 Å². The number of likely N-dealkylation sites (tertiary alicyclic amines) is 1. The minimum Gasteiger partial charge on any atom is -0.383 e. The number of thiazole rings is 1. The van der Waals surface area contributed by atoms with E-state index in [2.05, 4.69) is 22.3 Å². The van der Waals surface area contributed by atoms with Gasteiger partial charge in [-0.25, -0.2) is 4.98 Å². The van der Waals surface area contributed by atoms with Gasteiger partial charge < -0.3 is 9.64 Å². The van der Waals surface area contributed by atoms with Crippen molar-refractivity contribution in [2.75, 3.05) is 32.6 Å². The maximum Gasteiger partial charge on any atom is 0.233 e. The molecule has 2 aromatic carbocycles. The van der Waals surface area contributed by atoms with E-state index in [-0.39, 0.29) is 5.91 Å². The molecule has 0 N–H and O–H groups in total. The molecule has 0 spiro atoms. The molecular formula is C25H27N5O2S2. The van der Waals surface area contributed by atoms with Crippen molar-refractivity contribution in [3.63, 3.8) is 0 Å². The van der Waals surface area contributed by atoms with Gasteiger partial charge in [-0.05, 0) is 25.0 Å². The summed E-state index contributed by atoms with van der Waals surface area (Å²) in [4.78, 5) is 20.0. The molecule has 0 bridgehead atoms. The highest BCUT2D eigenvalue weighted by atomic mass is 32.2. The SMILES string of the molecule is COCCn1c(SCC(=O)N2CCC[C@H](c3nc4ccccc4s3)C2)nnc1-c1ccccc1. The van der Waals surface area contributed by atoms with Crippen LogP contribution in [0.1, 0.15) is 23.8 Å². The predicted molar refractivity (Wildman–Crippen MR) is 136 cm³/mol. The second kappa shape index (κ2) is 10.7. The van der Waals surface area contributed by atoms with Crippen LogP contribution in [0.2, 0.25) is 0 Å². The summed E-state index contributed by atoms with van der Waals surface area (Å²) in [7, 11) is 1.68. The molecule has 0 aliphatic carbocycles. The highest BCUT2D eigenvalue weighted by Gasteiger charge is 2.27. The molecule has 7 nitrogen and oxygen atoms in total. The minimum absolute atomic E-state index is 0.137. The second-order valence-electron chi connectivity index (χ2n) is 8.30. The average Bonchev–Trinajstić information content (AvgIpc) is 3.51. The number of piperidine rings is 1. The zero-order valence-electron chi connectivity index (χ0n) is 19.1. The van der Waals surface area contributed by atoms with Crippen molar-refractivity contribution < 1.29 is 9.53 Å². The van der Waals surface area contributed by atoms with E-state index in [0.29, 0.717) is 24.8 Å². The van der Waals surface area contributed by atoms with E-state index in [0.717, 1.165) is 53.0 Å². The maximum atomic E-state index is 13.1. The Kier molecular flexibility index (Phi) is 7.22. The fraction of sp³-hybridized carbons (Fsp3) is 0.360. The first-order valence-corrected chi connectivity index (χ1v) is 13.3. The van der Waals surface area contributed by atoms with Gasteiger partial charge in [0, 0.05) is 31.7 Å². The van der Waals surface area contributed by atoms with Crippen molar-refractivity contribution in [3.8, 4) is 11.4 Å². The van der Waals surface area contributed by atoms with Crippen molar-refractivity contribution in [1.29, 1.82) is 0 Å². The van der Waals surface area contributed by atoms with Crippen LogP contribution < -0.4 is 0 Å². The number of carbonyl (C=O) groups excluding carboxylic acids is 1. The summed E-state index contributed by atoms with van der Waals surface area (Å²) in [5.74, 6) is 1.57. The third-order valence-corrected chi connectivity index (χ3v) is 8.18. The first kappa shape index (κ1) is 23.0. The number of carbonyl (C=O) groups is 1. The number of aromatic nitrogens is 4. The number of fused-ring (bicyclic) bond motifs is 1. The number of rotatable bonds is 8. The number of hydrogen-bond donors (Lipinski definition) is 0. The predicted octanol–water partition coefficient (Wildman–Crippen LogP) is 4.70. The maximum absolute atomic E-state index is 13.1. The van der Waals surface area contributed by atoms with Gasteiger partial charge in [-0.3, -0.25) is 9.36 Å². The summed E-state index contributed by atoms with van der Waals surface area (Å²) in [6.07, 6.45) is 2.07. The van der Waals surface area contributed by atoms with Gasteiger partial charge in [0.15, 0.2) is 11.0 Å². The van der Waals surface area contributed by atoms with Crippen LogP contribution in [-0.4, -0.2) is 63.1 Å². The van der Waals surface area contributed by atoms with Crippen molar-refractivity contribution in [1.82, 2.24) is 24.6 Å². The van der Waals surface area contributed by atoms with Gasteiger partial charge in [-0.2, -0.15) is 0 Å². The Morgan fingerprint density at radius 3 is 2.79 bits per heavy atom. The van der Waals surface area contributed by atoms with Crippen LogP contribution in [0.5, 0.6) is 0 Å². The Morgan fingerprint density at radius 2 is 1.97 bits per heavy atom. The molecule has 0 unspecified atom stereocenters. The van der Waals surface area contributed by atoms with Gasteiger partial charge in [0.1, 0.15) is 0 Å². The van der Waals surface area contributed by atoms with E-state index < -0.39 is 0 Å². The molecule has 4 aromatic rings. The molecule has 1 fully saturated rings. The van der Waals surface area contributed by atoms with Gasteiger partial charge in [-0.1, -0.05) is 54.2 Å². The molecule has 1 amide bonds. The summed E-state index contributed by atoms with van der Waals surface area (Å²) >= 11 is 3.20. The molecule has 3 heterocycles. The molecule has 1 aliphatic heterocycles. The fourth-order valence-electron chi connectivity index (χ4n) is 4.27. The highest BCUT2D eigenvalue weighted by Crippen LogP contribution is 2.33. The van der Waals surface area contributed by atoms with Crippen LogP contribution >= 0.6 is 23.1 Å². The van der Waals surface area contributed by atoms with Crippen molar-refractivity contribution in [3.05, 3.63) is 59.6 Å². The summed E-state index contributed by atoms with van der Waals surface area (Å²) in [6.45, 7) is 2.71. The number of para-hydroxylation sites is 1. The van der Waals surface area contributed by atoms with Gasteiger partial charge in [0.25, 0.3) is 0 Å². The number of thioether (sulfide) groups is 1. The summed E-state index contributed by atoms with van der Waals surface area (Å²) < 4.78 is 8.54. The monoisotopic (exact) mass is 493 g/mol. The number of hydrogen-bond acceptors (Lipinski definition) is 7. The number of methoxy groups -OCH3 is 1. The lowest BCUT2D eigenvalue weighted by Gasteiger charge is -2.31. The lowest BCUT2D eigenvalue weighted by atomic mass is 9.99. The first-order chi connectivity index (χ1) is 16.7. The smallest absolute Gasteiger partial charge is 0.233 e. The second-order valence-corrected chi connectivity index (χ2v) is 10.3. The van der Waals surface area contributed by atoms with E-state index in [1.54, 1.807) is 18.4 Å². The lowest BCUT2D eigenvalue weighted by molar-refractivity contribution is -0.129. The Bertz CT molecular complexity index is 1220. The highest BCUT2D eigenvalue weighted by molar-refractivity contribution is 7.99. The lowest BCUT2D eigenvalue weighted by Crippen LogP contribution is -2.40. The molecule has 0 radical (unpaired) electrons. The molecule has 1 atom stereocenters. The molecule has 1 aliphatic rings. The van der Waals surface area contributed by atoms with E-state index in [4.69, 9.17) is 9.72 Å².